The van der Waals surface area contributed by atoms with Gasteiger partial charge in [-0.25, -0.2) is 9.78 Å². The van der Waals surface area contributed by atoms with Crippen molar-refractivity contribution in [3.05, 3.63) is 82.9 Å². The number of hydrogen-bond donors (Lipinski definition) is 0. The molecule has 2 nitrogen and oxygen atoms in total. The van der Waals surface area contributed by atoms with Gasteiger partial charge in [0.2, 0.25) is 0 Å². The molecule has 0 spiro atoms. The summed E-state index contributed by atoms with van der Waals surface area (Å²) in [5, 5.41) is 2.50. The van der Waals surface area contributed by atoms with Crippen LogP contribution in [-0.2, 0) is 15.4 Å². The number of rotatable bonds is 0. The molecule has 6 rings (SSSR count). The Bertz CT molecular complexity index is 884. The molecule has 2 bridgehead atoms. The molecule has 0 radical (unpaired) electrons. The van der Waals surface area contributed by atoms with Crippen LogP contribution in [0.15, 0.2) is 60.7 Å². The summed E-state index contributed by atoms with van der Waals surface area (Å²) in [5.74, 6) is 0. The molecule has 0 aromatic heterocycles. The molecule has 102 valence electrons. The predicted octanol–water partition coefficient (Wildman–Crippen LogP) is 4.47. The molecule has 2 atom stereocenters. The zero-order chi connectivity index (χ0) is 14.0. The fourth-order valence-electron chi connectivity index (χ4n) is 3.79. The van der Waals surface area contributed by atoms with Crippen molar-refractivity contribution in [1.29, 1.82) is 0 Å². The highest BCUT2D eigenvalue weighted by atomic mass is 17.2. The van der Waals surface area contributed by atoms with Crippen molar-refractivity contribution in [3.63, 3.8) is 0 Å². The summed E-state index contributed by atoms with van der Waals surface area (Å²) in [6.45, 7) is 2.09. The molecule has 0 fully saturated rings. The quantitative estimate of drug-likeness (QED) is 0.563. The van der Waals surface area contributed by atoms with E-state index in [1.54, 1.807) is 0 Å². The summed E-state index contributed by atoms with van der Waals surface area (Å²) in [4.78, 5) is 11.5. The van der Waals surface area contributed by atoms with Crippen molar-refractivity contribution in [2.24, 2.45) is 0 Å². The van der Waals surface area contributed by atoms with E-state index in [-0.39, 0.29) is 6.10 Å². The van der Waals surface area contributed by atoms with Gasteiger partial charge in [-0.2, -0.15) is 0 Å². The summed E-state index contributed by atoms with van der Waals surface area (Å²) in [6.07, 6.45) is -0.135. The molecule has 3 aromatic rings. The van der Waals surface area contributed by atoms with Crippen LogP contribution in [0.1, 0.15) is 35.3 Å². The first-order chi connectivity index (χ1) is 10.3. The Balaban J connectivity index is 1.94. The van der Waals surface area contributed by atoms with Gasteiger partial charge in [0.05, 0.1) is 0 Å². The SMILES string of the molecule is C[C@]12OO[C@H](c3ccccc31)c1c2ccc2ccccc12. The minimum atomic E-state index is -0.523. The Morgan fingerprint density at radius 1 is 0.857 bits per heavy atom. The monoisotopic (exact) mass is 274 g/mol. The highest BCUT2D eigenvalue weighted by Gasteiger charge is 2.49. The lowest BCUT2D eigenvalue weighted by atomic mass is 9.72. The average Bonchev–Trinajstić information content (AvgIpc) is 2.55. The Morgan fingerprint density at radius 2 is 1.67 bits per heavy atom. The summed E-state index contributed by atoms with van der Waals surface area (Å²) >= 11 is 0. The molecular formula is C19H14O2. The van der Waals surface area contributed by atoms with Crippen LogP contribution in [0.3, 0.4) is 0 Å². The van der Waals surface area contributed by atoms with E-state index in [0.717, 1.165) is 0 Å². The van der Waals surface area contributed by atoms with Crippen LogP contribution in [0.2, 0.25) is 0 Å². The molecule has 3 aromatic carbocycles. The molecule has 0 N–H and O–H groups in total. The second kappa shape index (κ2) is 3.73. The minimum absolute atomic E-state index is 0.135. The maximum Gasteiger partial charge on any atom is 0.151 e. The first-order valence-corrected chi connectivity index (χ1v) is 7.25. The van der Waals surface area contributed by atoms with E-state index < -0.39 is 5.60 Å². The topological polar surface area (TPSA) is 18.5 Å². The average molecular weight is 274 g/mol. The van der Waals surface area contributed by atoms with E-state index in [1.165, 1.54) is 33.0 Å². The van der Waals surface area contributed by atoms with Crippen molar-refractivity contribution >= 4 is 10.8 Å². The highest BCUT2D eigenvalue weighted by molar-refractivity contribution is 5.89. The third-order valence-electron chi connectivity index (χ3n) is 4.82. The van der Waals surface area contributed by atoms with Gasteiger partial charge in [0.1, 0.15) is 6.10 Å². The smallest absolute Gasteiger partial charge is 0.151 e. The van der Waals surface area contributed by atoms with Gasteiger partial charge in [-0.15, -0.1) is 0 Å². The van der Waals surface area contributed by atoms with E-state index >= 15 is 0 Å². The van der Waals surface area contributed by atoms with Crippen molar-refractivity contribution in [2.75, 3.05) is 0 Å². The van der Waals surface area contributed by atoms with Gasteiger partial charge in [-0.3, -0.25) is 0 Å². The lowest BCUT2D eigenvalue weighted by molar-refractivity contribution is -0.392. The van der Waals surface area contributed by atoms with Crippen LogP contribution in [0.4, 0.5) is 0 Å². The van der Waals surface area contributed by atoms with Crippen LogP contribution in [-0.4, -0.2) is 0 Å². The molecule has 3 aliphatic rings. The van der Waals surface area contributed by atoms with E-state index in [4.69, 9.17) is 9.78 Å². The maximum absolute atomic E-state index is 5.77. The third kappa shape index (κ3) is 1.29. The van der Waals surface area contributed by atoms with Crippen molar-refractivity contribution < 1.29 is 9.78 Å². The Labute approximate surface area is 122 Å². The van der Waals surface area contributed by atoms with E-state index in [1.807, 2.05) is 0 Å². The second-order valence-electron chi connectivity index (χ2n) is 5.93. The first kappa shape index (κ1) is 11.5. The van der Waals surface area contributed by atoms with Crippen molar-refractivity contribution in [3.8, 4) is 0 Å². The zero-order valence-corrected chi connectivity index (χ0v) is 11.7. The molecule has 0 unspecified atom stereocenters. The second-order valence-corrected chi connectivity index (χ2v) is 5.93. The van der Waals surface area contributed by atoms with E-state index in [2.05, 4.69) is 67.6 Å². The summed E-state index contributed by atoms with van der Waals surface area (Å²) in [5.41, 5.74) is 4.38. The Morgan fingerprint density at radius 3 is 2.62 bits per heavy atom. The minimum Gasteiger partial charge on any atom is -0.222 e. The van der Waals surface area contributed by atoms with E-state index in [0.29, 0.717) is 0 Å². The van der Waals surface area contributed by atoms with Gasteiger partial charge in [-0.05, 0) is 34.4 Å². The standard InChI is InChI=1S/C19H14O2/c1-19-15-9-5-4-8-14(15)18(20-21-19)17-13-7-3-2-6-12(13)10-11-16(17)19/h2-11,18H,1H3/t18-,19+/m1/s1. The number of benzene rings is 3. The normalized spacial score (nSPS) is 25.7. The molecule has 0 saturated carbocycles. The summed E-state index contributed by atoms with van der Waals surface area (Å²) in [7, 11) is 0. The predicted molar refractivity (Wildman–Crippen MR) is 80.9 cm³/mol. The van der Waals surface area contributed by atoms with Gasteiger partial charge in [0.25, 0.3) is 0 Å². The largest absolute Gasteiger partial charge is 0.222 e. The molecule has 2 aliphatic heterocycles. The Hall–Kier alpha value is -2.16. The van der Waals surface area contributed by atoms with Gasteiger partial charge in [0, 0.05) is 5.56 Å². The first-order valence-electron chi connectivity index (χ1n) is 7.25. The Kier molecular flexibility index (Phi) is 2.04. The molecule has 21 heavy (non-hydrogen) atoms. The third-order valence-corrected chi connectivity index (χ3v) is 4.82. The molecule has 2 heterocycles. The van der Waals surface area contributed by atoms with Gasteiger partial charge >= 0.3 is 0 Å². The zero-order valence-electron chi connectivity index (χ0n) is 11.7. The molecule has 2 heteroatoms. The van der Waals surface area contributed by atoms with Crippen LogP contribution in [0.25, 0.3) is 10.8 Å². The summed E-state index contributed by atoms with van der Waals surface area (Å²) in [6, 6.07) is 21.2. The van der Waals surface area contributed by atoms with Crippen LogP contribution in [0.5, 0.6) is 0 Å². The maximum atomic E-state index is 5.77. The molecule has 0 amide bonds. The van der Waals surface area contributed by atoms with Crippen molar-refractivity contribution in [2.45, 2.75) is 18.6 Å². The molecule has 0 saturated heterocycles. The lowest BCUT2D eigenvalue weighted by Crippen LogP contribution is -2.41. The number of fused-ring (bicyclic) bond motifs is 2. The fraction of sp³-hybridized carbons (Fsp3) is 0.158. The lowest BCUT2D eigenvalue weighted by Gasteiger charge is -2.45. The van der Waals surface area contributed by atoms with E-state index in [9.17, 15) is 0 Å². The summed E-state index contributed by atoms with van der Waals surface area (Å²) < 4.78 is 0. The van der Waals surface area contributed by atoms with Crippen LogP contribution in [0, 0.1) is 0 Å². The number of hydrogen-bond acceptors (Lipinski definition) is 2. The van der Waals surface area contributed by atoms with Crippen molar-refractivity contribution in [1.82, 2.24) is 0 Å². The van der Waals surface area contributed by atoms with Gasteiger partial charge < -0.3 is 0 Å². The van der Waals surface area contributed by atoms with Crippen LogP contribution >= 0.6 is 0 Å². The van der Waals surface area contributed by atoms with Gasteiger partial charge in [0.15, 0.2) is 5.60 Å². The highest BCUT2D eigenvalue weighted by Crippen LogP contribution is 2.54. The molecular weight excluding hydrogens is 260 g/mol. The fourth-order valence-corrected chi connectivity index (χ4v) is 3.79. The van der Waals surface area contributed by atoms with Crippen LogP contribution < -0.4 is 0 Å². The van der Waals surface area contributed by atoms with Gasteiger partial charge in [-0.1, -0.05) is 60.7 Å². The molecule has 1 aliphatic carbocycles.